The fourth-order valence-corrected chi connectivity index (χ4v) is 6.77. The summed E-state index contributed by atoms with van der Waals surface area (Å²) in [5.74, 6) is -0.291. The summed E-state index contributed by atoms with van der Waals surface area (Å²) in [5.41, 5.74) is 4.05. The standard InChI is InChI=1S/C33H43N5O3/c1-33(2,3)41-31(39)30-12-6-7-18-37(30)32(40)38-25(15-14-24-9-4-5-11-28(24)38)23-35-19-21-36(22-20-35)29-13-8-10-27-26(29)16-17-34-27/h4-5,8-11,13,16-17,25,30,34H,6-7,12,14-15,18-23H2,1-3H3. The molecule has 8 heteroatoms. The van der Waals surface area contributed by atoms with Gasteiger partial charge in [0.1, 0.15) is 11.6 Å². The van der Waals surface area contributed by atoms with Gasteiger partial charge in [0, 0.05) is 67.7 Å². The summed E-state index contributed by atoms with van der Waals surface area (Å²) in [7, 11) is 0. The van der Waals surface area contributed by atoms with Gasteiger partial charge in [-0.3, -0.25) is 9.80 Å². The van der Waals surface area contributed by atoms with Crippen molar-refractivity contribution in [3.63, 3.8) is 0 Å². The second kappa shape index (κ2) is 11.4. The molecule has 4 heterocycles. The summed E-state index contributed by atoms with van der Waals surface area (Å²) in [6.07, 6.45) is 6.35. The van der Waals surface area contributed by atoms with Gasteiger partial charge in [-0.15, -0.1) is 0 Å². The van der Waals surface area contributed by atoms with Gasteiger partial charge in [0.05, 0.1) is 6.04 Å². The van der Waals surface area contributed by atoms with E-state index in [1.54, 1.807) is 4.90 Å². The molecule has 0 radical (unpaired) electrons. The first kappa shape index (κ1) is 27.6. The molecule has 2 atom stereocenters. The average Bonchev–Trinajstić information content (AvgIpc) is 3.46. The number of hydrogen-bond acceptors (Lipinski definition) is 5. The average molecular weight is 558 g/mol. The van der Waals surface area contributed by atoms with Crippen molar-refractivity contribution in [2.75, 3.05) is 49.1 Å². The van der Waals surface area contributed by atoms with Crippen LogP contribution in [0.1, 0.15) is 52.0 Å². The lowest BCUT2D eigenvalue weighted by molar-refractivity contribution is -0.161. The smallest absolute Gasteiger partial charge is 0.329 e. The minimum atomic E-state index is -0.585. The van der Waals surface area contributed by atoms with Crippen molar-refractivity contribution < 1.29 is 14.3 Å². The molecule has 0 aliphatic carbocycles. The van der Waals surface area contributed by atoms with E-state index in [0.29, 0.717) is 13.0 Å². The van der Waals surface area contributed by atoms with Crippen molar-refractivity contribution in [3.8, 4) is 0 Å². The lowest BCUT2D eigenvalue weighted by Gasteiger charge is -2.45. The number of carbonyl (C=O) groups excluding carboxylic acids is 2. The number of para-hydroxylation sites is 1. The molecule has 0 spiro atoms. The van der Waals surface area contributed by atoms with Gasteiger partial charge in [-0.25, -0.2) is 9.59 Å². The predicted octanol–water partition coefficient (Wildman–Crippen LogP) is 5.43. The highest BCUT2D eigenvalue weighted by Crippen LogP contribution is 2.34. The number of aryl methyl sites for hydroxylation is 1. The molecule has 2 aromatic carbocycles. The number of carbonyl (C=O) groups is 2. The van der Waals surface area contributed by atoms with Crippen molar-refractivity contribution in [2.45, 2.75) is 70.6 Å². The lowest BCUT2D eigenvalue weighted by Crippen LogP contribution is -2.60. The second-order valence-corrected chi connectivity index (χ2v) is 12.7. The number of benzene rings is 2. The number of piperazine rings is 1. The van der Waals surface area contributed by atoms with E-state index in [4.69, 9.17) is 4.74 Å². The van der Waals surface area contributed by atoms with Crippen molar-refractivity contribution >= 4 is 34.3 Å². The molecule has 0 saturated carbocycles. The Bertz CT molecular complexity index is 1390. The normalized spacial score (nSPS) is 22.1. The topological polar surface area (TPSA) is 72.1 Å². The number of anilines is 2. The van der Waals surface area contributed by atoms with Crippen molar-refractivity contribution in [3.05, 3.63) is 60.3 Å². The van der Waals surface area contributed by atoms with Crippen LogP contribution >= 0.6 is 0 Å². The number of esters is 1. The Labute approximate surface area is 243 Å². The Morgan fingerprint density at radius 3 is 2.49 bits per heavy atom. The maximum Gasteiger partial charge on any atom is 0.329 e. The van der Waals surface area contributed by atoms with Crippen LogP contribution < -0.4 is 9.80 Å². The Kier molecular flexibility index (Phi) is 7.68. The second-order valence-electron chi connectivity index (χ2n) is 12.7. The van der Waals surface area contributed by atoms with E-state index >= 15 is 0 Å². The first-order valence-electron chi connectivity index (χ1n) is 15.2. The molecule has 2 fully saturated rings. The maximum atomic E-state index is 14.4. The molecule has 2 unspecified atom stereocenters. The molecular formula is C33H43N5O3. The highest BCUT2D eigenvalue weighted by atomic mass is 16.6. The third-order valence-corrected chi connectivity index (χ3v) is 8.75. The van der Waals surface area contributed by atoms with Crippen molar-refractivity contribution in [2.24, 2.45) is 0 Å². The SMILES string of the molecule is CC(C)(C)OC(=O)C1CCCCN1C(=O)N1c2ccccc2CCC1CN1CCN(c2cccc3[nH]ccc23)CC1. The van der Waals surface area contributed by atoms with Crippen LogP contribution in [0.3, 0.4) is 0 Å². The maximum absolute atomic E-state index is 14.4. The van der Waals surface area contributed by atoms with Gasteiger partial charge in [-0.2, -0.15) is 0 Å². The molecule has 8 nitrogen and oxygen atoms in total. The number of urea groups is 1. The number of nitrogens with one attached hydrogen (secondary N) is 1. The summed E-state index contributed by atoms with van der Waals surface area (Å²) < 4.78 is 5.76. The first-order chi connectivity index (χ1) is 19.8. The summed E-state index contributed by atoms with van der Waals surface area (Å²) in [5, 5.41) is 1.27. The number of hydrogen-bond donors (Lipinski definition) is 1. The van der Waals surface area contributed by atoms with E-state index < -0.39 is 11.6 Å². The Balaban J connectivity index is 1.19. The van der Waals surface area contributed by atoms with E-state index in [1.807, 2.05) is 37.9 Å². The predicted molar refractivity (Wildman–Crippen MR) is 164 cm³/mol. The van der Waals surface area contributed by atoms with Crippen LogP contribution in [0.15, 0.2) is 54.7 Å². The molecule has 41 heavy (non-hydrogen) atoms. The fourth-order valence-electron chi connectivity index (χ4n) is 6.77. The third kappa shape index (κ3) is 5.80. The molecule has 2 saturated heterocycles. The molecule has 218 valence electrons. The molecular weight excluding hydrogens is 514 g/mol. The quantitative estimate of drug-likeness (QED) is 0.434. The zero-order chi connectivity index (χ0) is 28.6. The van der Waals surface area contributed by atoms with E-state index in [0.717, 1.165) is 64.1 Å². The Morgan fingerprint density at radius 2 is 1.68 bits per heavy atom. The lowest BCUT2D eigenvalue weighted by atomic mass is 9.94. The number of amides is 2. The number of aromatic nitrogens is 1. The summed E-state index contributed by atoms with van der Waals surface area (Å²) >= 11 is 0. The molecule has 3 aliphatic heterocycles. The van der Waals surface area contributed by atoms with E-state index in [1.165, 1.54) is 22.2 Å². The van der Waals surface area contributed by atoms with Crippen LogP contribution in [-0.2, 0) is 16.0 Å². The summed E-state index contributed by atoms with van der Waals surface area (Å²) in [6, 6.07) is 16.3. The van der Waals surface area contributed by atoms with Crippen molar-refractivity contribution in [1.29, 1.82) is 0 Å². The number of likely N-dealkylation sites (tertiary alicyclic amines) is 1. The first-order valence-corrected chi connectivity index (χ1v) is 15.2. The summed E-state index contributed by atoms with van der Waals surface area (Å²) in [6.45, 7) is 10.9. The largest absolute Gasteiger partial charge is 0.458 e. The Morgan fingerprint density at radius 1 is 0.902 bits per heavy atom. The highest BCUT2D eigenvalue weighted by Gasteiger charge is 2.41. The fraction of sp³-hybridized carbons (Fsp3) is 0.515. The number of piperidine rings is 1. The molecule has 3 aliphatic rings. The third-order valence-electron chi connectivity index (χ3n) is 8.75. The van der Waals surface area contributed by atoms with Gasteiger partial charge >= 0.3 is 12.0 Å². The summed E-state index contributed by atoms with van der Waals surface area (Å²) in [4.78, 5) is 39.7. The van der Waals surface area contributed by atoms with Crippen LogP contribution in [0.2, 0.25) is 0 Å². The molecule has 3 aromatic rings. The number of aromatic amines is 1. The number of ether oxygens (including phenoxy) is 1. The Hall–Kier alpha value is -3.52. The number of nitrogens with zero attached hydrogens (tertiary/aromatic N) is 4. The zero-order valence-corrected chi connectivity index (χ0v) is 24.6. The van der Waals surface area contributed by atoms with Crippen LogP contribution in [0.5, 0.6) is 0 Å². The van der Waals surface area contributed by atoms with E-state index in [9.17, 15) is 9.59 Å². The van der Waals surface area contributed by atoms with Gasteiger partial charge < -0.3 is 19.5 Å². The number of H-pyrrole nitrogens is 1. The van der Waals surface area contributed by atoms with Crippen LogP contribution in [0.25, 0.3) is 10.9 Å². The molecule has 1 aromatic heterocycles. The zero-order valence-electron chi connectivity index (χ0n) is 24.6. The molecule has 6 rings (SSSR count). The van der Waals surface area contributed by atoms with E-state index in [2.05, 4.69) is 57.2 Å². The van der Waals surface area contributed by atoms with E-state index in [-0.39, 0.29) is 18.0 Å². The van der Waals surface area contributed by atoms with Crippen molar-refractivity contribution in [1.82, 2.24) is 14.8 Å². The number of fused-ring (bicyclic) bond motifs is 2. The minimum Gasteiger partial charge on any atom is -0.458 e. The van der Waals surface area contributed by atoms with Gasteiger partial charge in [-0.05, 0) is 82.7 Å². The van der Waals surface area contributed by atoms with Gasteiger partial charge in [0.2, 0.25) is 0 Å². The number of rotatable bonds is 4. The molecule has 1 N–H and O–H groups in total. The van der Waals surface area contributed by atoms with Gasteiger partial charge in [0.25, 0.3) is 0 Å². The van der Waals surface area contributed by atoms with Gasteiger partial charge in [0.15, 0.2) is 0 Å². The minimum absolute atomic E-state index is 0.0540. The molecule has 0 bridgehead atoms. The van der Waals surface area contributed by atoms with Crippen LogP contribution in [0.4, 0.5) is 16.2 Å². The highest BCUT2D eigenvalue weighted by molar-refractivity contribution is 5.96. The molecule has 2 amide bonds. The van der Waals surface area contributed by atoms with Crippen LogP contribution in [-0.4, -0.2) is 83.7 Å². The van der Waals surface area contributed by atoms with Crippen LogP contribution in [0, 0.1) is 0 Å². The van der Waals surface area contributed by atoms with Gasteiger partial charge in [-0.1, -0.05) is 24.3 Å². The monoisotopic (exact) mass is 557 g/mol.